The molecule has 0 heterocycles. The van der Waals surface area contributed by atoms with Crippen LogP contribution in [-0.4, -0.2) is 20.5 Å². The van der Waals surface area contributed by atoms with Crippen LogP contribution in [-0.2, 0) is 22.3 Å². The Hall–Kier alpha value is -1.40. The fraction of sp³-hybridized carbons (Fsp3) is 0.222. The standard InChI is InChI=1S/C9H12N2O3S/c10-9(12)5-7-1-3-8(4-2-7)11-6-15(13)14/h1-4,11H,5-6H2,(H2,10,12)(H,13,14)/p-1. The predicted octanol–water partition coefficient (Wildman–Crippen LogP) is -0.0371. The minimum atomic E-state index is -2.12. The SMILES string of the molecule is NC(=O)Cc1ccc(NCS(=O)[O-])cc1. The highest BCUT2D eigenvalue weighted by Crippen LogP contribution is 2.09. The number of benzene rings is 1. The van der Waals surface area contributed by atoms with Crippen molar-refractivity contribution in [3.8, 4) is 0 Å². The number of rotatable bonds is 5. The third kappa shape index (κ3) is 4.57. The molecule has 0 saturated heterocycles. The molecule has 0 spiro atoms. The van der Waals surface area contributed by atoms with Crippen molar-refractivity contribution in [2.24, 2.45) is 5.73 Å². The first-order valence-corrected chi connectivity index (χ1v) is 5.49. The number of primary amides is 1. The van der Waals surface area contributed by atoms with E-state index in [1.165, 1.54) is 0 Å². The Morgan fingerprint density at radius 1 is 1.40 bits per heavy atom. The second-order valence-corrected chi connectivity index (χ2v) is 3.86. The summed E-state index contributed by atoms with van der Waals surface area (Å²) < 4.78 is 20.5. The lowest BCUT2D eigenvalue weighted by Crippen LogP contribution is -2.13. The maximum absolute atomic E-state index is 10.6. The fourth-order valence-electron chi connectivity index (χ4n) is 1.08. The Labute approximate surface area is 90.0 Å². The number of nitrogens with two attached hydrogens (primary N) is 1. The lowest BCUT2D eigenvalue weighted by molar-refractivity contribution is -0.117. The summed E-state index contributed by atoms with van der Waals surface area (Å²) in [5.41, 5.74) is 6.51. The molecule has 1 rings (SSSR count). The minimum absolute atomic E-state index is 0.130. The molecule has 1 unspecified atom stereocenters. The van der Waals surface area contributed by atoms with Crippen LogP contribution in [0.15, 0.2) is 24.3 Å². The topological polar surface area (TPSA) is 95.2 Å². The number of carbonyl (C=O) groups is 1. The van der Waals surface area contributed by atoms with Crippen molar-refractivity contribution in [2.45, 2.75) is 6.42 Å². The van der Waals surface area contributed by atoms with Gasteiger partial charge in [0.2, 0.25) is 5.91 Å². The zero-order valence-corrected chi connectivity index (χ0v) is 8.75. The Bertz CT molecular complexity index is 364. The molecular formula is C9H11N2O3S-. The first-order chi connectivity index (χ1) is 7.08. The highest BCUT2D eigenvalue weighted by atomic mass is 32.2. The molecule has 0 aliphatic rings. The van der Waals surface area contributed by atoms with Gasteiger partial charge in [0.1, 0.15) is 0 Å². The smallest absolute Gasteiger partial charge is 0.221 e. The molecule has 0 aliphatic heterocycles. The van der Waals surface area contributed by atoms with Gasteiger partial charge in [-0.25, -0.2) is 0 Å². The van der Waals surface area contributed by atoms with Crippen LogP contribution in [0.25, 0.3) is 0 Å². The van der Waals surface area contributed by atoms with E-state index in [0.29, 0.717) is 5.69 Å². The lowest BCUT2D eigenvalue weighted by Gasteiger charge is -2.08. The lowest BCUT2D eigenvalue weighted by atomic mass is 10.1. The van der Waals surface area contributed by atoms with Crippen molar-refractivity contribution < 1.29 is 13.6 Å². The Morgan fingerprint density at radius 2 is 2.00 bits per heavy atom. The molecule has 0 radical (unpaired) electrons. The first kappa shape index (κ1) is 11.7. The number of nitrogens with one attached hydrogen (secondary N) is 1. The highest BCUT2D eigenvalue weighted by molar-refractivity contribution is 7.79. The van der Waals surface area contributed by atoms with Crippen molar-refractivity contribution >= 4 is 22.7 Å². The van der Waals surface area contributed by atoms with Gasteiger partial charge in [0, 0.05) is 5.69 Å². The van der Waals surface area contributed by atoms with E-state index in [1.807, 2.05) is 0 Å². The van der Waals surface area contributed by atoms with E-state index in [9.17, 15) is 13.6 Å². The monoisotopic (exact) mass is 227 g/mol. The molecular weight excluding hydrogens is 216 g/mol. The molecule has 6 heteroatoms. The summed E-state index contributed by atoms with van der Waals surface area (Å²) in [6.07, 6.45) is 0.188. The van der Waals surface area contributed by atoms with Crippen LogP contribution in [0.5, 0.6) is 0 Å². The second kappa shape index (κ2) is 5.47. The second-order valence-electron chi connectivity index (χ2n) is 2.96. The summed E-state index contributed by atoms with van der Waals surface area (Å²) in [6.45, 7) is 0. The largest absolute Gasteiger partial charge is 0.771 e. The number of carbonyl (C=O) groups excluding carboxylic acids is 1. The van der Waals surface area contributed by atoms with Crippen molar-refractivity contribution in [1.29, 1.82) is 0 Å². The van der Waals surface area contributed by atoms with Crippen LogP contribution in [0.1, 0.15) is 5.56 Å². The molecule has 1 amide bonds. The predicted molar refractivity (Wildman–Crippen MR) is 56.7 cm³/mol. The van der Waals surface area contributed by atoms with Crippen LogP contribution in [0.3, 0.4) is 0 Å². The van der Waals surface area contributed by atoms with Crippen molar-refractivity contribution in [3.63, 3.8) is 0 Å². The van der Waals surface area contributed by atoms with E-state index < -0.39 is 17.0 Å². The quantitative estimate of drug-likeness (QED) is 0.690. The fourth-order valence-corrected chi connectivity index (χ4v) is 1.37. The van der Waals surface area contributed by atoms with Gasteiger partial charge in [-0.3, -0.25) is 9.00 Å². The molecule has 0 saturated carbocycles. The number of amides is 1. The molecule has 0 bridgehead atoms. The van der Waals surface area contributed by atoms with Crippen LogP contribution in [0, 0.1) is 0 Å². The van der Waals surface area contributed by atoms with Crippen molar-refractivity contribution in [2.75, 3.05) is 11.2 Å². The van der Waals surface area contributed by atoms with Gasteiger partial charge in [0.15, 0.2) is 0 Å². The maximum atomic E-state index is 10.6. The van der Waals surface area contributed by atoms with Crippen molar-refractivity contribution in [3.05, 3.63) is 29.8 Å². The normalized spacial score (nSPS) is 12.1. The number of hydrogen-bond donors (Lipinski definition) is 2. The molecule has 0 aliphatic carbocycles. The van der Waals surface area contributed by atoms with E-state index in [4.69, 9.17) is 5.73 Å². The molecule has 0 fully saturated rings. The first-order valence-electron chi connectivity index (χ1n) is 4.25. The molecule has 3 N–H and O–H groups in total. The summed E-state index contributed by atoms with van der Waals surface area (Å²) in [6, 6.07) is 6.85. The van der Waals surface area contributed by atoms with Gasteiger partial charge in [0.05, 0.1) is 12.3 Å². The zero-order valence-electron chi connectivity index (χ0n) is 7.93. The van der Waals surface area contributed by atoms with Crippen LogP contribution < -0.4 is 11.1 Å². The average Bonchev–Trinajstić information content (AvgIpc) is 2.16. The number of anilines is 1. The van der Waals surface area contributed by atoms with E-state index in [0.717, 1.165) is 5.56 Å². The van der Waals surface area contributed by atoms with Gasteiger partial charge >= 0.3 is 0 Å². The molecule has 1 aromatic carbocycles. The average molecular weight is 227 g/mol. The van der Waals surface area contributed by atoms with Gasteiger partial charge < -0.3 is 15.6 Å². The molecule has 5 nitrogen and oxygen atoms in total. The molecule has 1 aromatic rings. The van der Waals surface area contributed by atoms with E-state index >= 15 is 0 Å². The van der Waals surface area contributed by atoms with E-state index in [2.05, 4.69) is 5.32 Å². The molecule has 15 heavy (non-hydrogen) atoms. The van der Waals surface area contributed by atoms with Gasteiger partial charge in [-0.15, -0.1) is 0 Å². The number of hydrogen-bond acceptors (Lipinski definition) is 4. The summed E-state index contributed by atoms with van der Waals surface area (Å²) in [5.74, 6) is -0.522. The third-order valence-corrected chi connectivity index (χ3v) is 2.11. The van der Waals surface area contributed by atoms with Gasteiger partial charge in [-0.05, 0) is 28.8 Å². The van der Waals surface area contributed by atoms with Gasteiger partial charge in [0.25, 0.3) is 0 Å². The Balaban J connectivity index is 2.56. The molecule has 82 valence electrons. The summed E-state index contributed by atoms with van der Waals surface area (Å²) in [5, 5.41) is 2.70. The van der Waals surface area contributed by atoms with Crippen LogP contribution in [0.4, 0.5) is 5.69 Å². The minimum Gasteiger partial charge on any atom is -0.771 e. The Morgan fingerprint density at radius 3 is 2.47 bits per heavy atom. The van der Waals surface area contributed by atoms with Crippen LogP contribution >= 0.6 is 0 Å². The van der Waals surface area contributed by atoms with Gasteiger partial charge in [-0.1, -0.05) is 12.1 Å². The highest BCUT2D eigenvalue weighted by Gasteiger charge is 1.98. The zero-order chi connectivity index (χ0) is 11.3. The summed E-state index contributed by atoms with van der Waals surface area (Å²) in [4.78, 5) is 10.6. The van der Waals surface area contributed by atoms with E-state index in [-0.39, 0.29) is 12.3 Å². The maximum Gasteiger partial charge on any atom is 0.221 e. The molecule has 1 atom stereocenters. The van der Waals surface area contributed by atoms with Gasteiger partial charge in [-0.2, -0.15) is 0 Å². The van der Waals surface area contributed by atoms with Crippen molar-refractivity contribution in [1.82, 2.24) is 0 Å². The van der Waals surface area contributed by atoms with Crippen LogP contribution in [0.2, 0.25) is 0 Å². The summed E-state index contributed by atoms with van der Waals surface area (Å²) >= 11 is -2.12. The Kier molecular flexibility index (Phi) is 4.26. The molecule has 0 aromatic heterocycles. The summed E-state index contributed by atoms with van der Waals surface area (Å²) in [7, 11) is 0. The third-order valence-electron chi connectivity index (χ3n) is 1.73. The van der Waals surface area contributed by atoms with E-state index in [1.54, 1.807) is 24.3 Å².